The molecule has 0 radical (unpaired) electrons. The van der Waals surface area contributed by atoms with E-state index < -0.39 is 0 Å². The Labute approximate surface area is 148 Å². The predicted octanol–water partition coefficient (Wildman–Crippen LogP) is 1.98. The van der Waals surface area contributed by atoms with Crippen LogP contribution in [-0.2, 0) is 6.54 Å². The van der Waals surface area contributed by atoms with E-state index in [1.165, 1.54) is 16.7 Å². The van der Waals surface area contributed by atoms with E-state index in [0.29, 0.717) is 17.5 Å². The molecule has 6 nitrogen and oxygen atoms in total. The molecule has 0 aromatic carbocycles. The van der Waals surface area contributed by atoms with Gasteiger partial charge in [-0.15, -0.1) is 10.2 Å². The molecule has 2 heterocycles. The topological polar surface area (TPSA) is 68.0 Å². The second-order valence-corrected chi connectivity index (χ2v) is 7.12. The summed E-state index contributed by atoms with van der Waals surface area (Å²) < 4.78 is 2.21. The number of quaternary nitrogens is 1. The summed E-state index contributed by atoms with van der Waals surface area (Å²) in [6, 6.07) is 3.97. The fourth-order valence-electron chi connectivity index (χ4n) is 2.75. The second-order valence-electron chi connectivity index (χ2n) is 6.18. The Morgan fingerprint density at radius 2 is 2.17 bits per heavy atom. The maximum Gasteiger partial charge on any atom is 0.192 e. The van der Waals surface area contributed by atoms with E-state index in [2.05, 4.69) is 47.7 Å². The van der Waals surface area contributed by atoms with Gasteiger partial charge in [-0.1, -0.05) is 32.0 Å². The number of rotatable bonds is 10. The van der Waals surface area contributed by atoms with Gasteiger partial charge in [0.15, 0.2) is 16.8 Å². The number of H-pyrrole nitrogens is 1. The lowest BCUT2D eigenvalue weighted by Crippen LogP contribution is -3.06. The summed E-state index contributed by atoms with van der Waals surface area (Å²) in [5.74, 6) is 1.48. The van der Waals surface area contributed by atoms with Crippen molar-refractivity contribution in [2.24, 2.45) is 0 Å². The number of thioether (sulfide) groups is 1. The zero-order valence-electron chi connectivity index (χ0n) is 15.0. The number of hydrogen-bond acceptors (Lipinski definition) is 4. The van der Waals surface area contributed by atoms with Crippen molar-refractivity contribution in [2.75, 3.05) is 19.8 Å². The van der Waals surface area contributed by atoms with Crippen LogP contribution in [0.15, 0.2) is 23.5 Å². The van der Waals surface area contributed by atoms with Gasteiger partial charge >= 0.3 is 0 Å². The molecule has 2 rings (SSSR count). The van der Waals surface area contributed by atoms with E-state index in [1.54, 1.807) is 12.3 Å². The molecule has 132 valence electrons. The van der Waals surface area contributed by atoms with E-state index >= 15 is 0 Å². The normalized spacial score (nSPS) is 12.7. The highest BCUT2D eigenvalue weighted by molar-refractivity contribution is 7.99. The molecular formula is C17H28N5OS+. The number of Topliss-reactive ketones (excluding diaryl/α,β-unsaturated/α-hetero) is 1. The van der Waals surface area contributed by atoms with Crippen LogP contribution in [0.25, 0.3) is 0 Å². The molecule has 0 aliphatic rings. The number of unbranched alkanes of at least 4 members (excludes halogenated alkanes) is 1. The molecule has 0 aliphatic carbocycles. The smallest absolute Gasteiger partial charge is 0.192 e. The lowest BCUT2D eigenvalue weighted by molar-refractivity contribution is -0.893. The van der Waals surface area contributed by atoms with E-state index in [-0.39, 0.29) is 5.78 Å². The van der Waals surface area contributed by atoms with Crippen molar-refractivity contribution in [3.05, 3.63) is 29.8 Å². The average Bonchev–Trinajstić information content (AvgIpc) is 3.21. The summed E-state index contributed by atoms with van der Waals surface area (Å²) >= 11 is 1.47. The molecule has 0 saturated carbocycles. The molecule has 0 spiro atoms. The first kappa shape index (κ1) is 18.7. The van der Waals surface area contributed by atoms with Crippen molar-refractivity contribution in [1.29, 1.82) is 0 Å². The van der Waals surface area contributed by atoms with E-state index in [1.807, 2.05) is 6.07 Å². The van der Waals surface area contributed by atoms with Crippen LogP contribution >= 0.6 is 11.8 Å². The molecule has 0 bridgehead atoms. The Balaban J connectivity index is 2.16. The maximum absolute atomic E-state index is 12.2. The molecular weight excluding hydrogens is 322 g/mol. The first-order valence-corrected chi connectivity index (χ1v) is 9.59. The molecule has 0 fully saturated rings. The van der Waals surface area contributed by atoms with Crippen LogP contribution < -0.4 is 4.90 Å². The van der Waals surface area contributed by atoms with Gasteiger partial charge in [-0.25, -0.2) is 0 Å². The number of aromatic amines is 1. The van der Waals surface area contributed by atoms with Crippen molar-refractivity contribution < 1.29 is 9.69 Å². The largest absolute Gasteiger partial charge is 0.359 e. The summed E-state index contributed by atoms with van der Waals surface area (Å²) in [6.07, 6.45) is 4.99. The van der Waals surface area contributed by atoms with Gasteiger partial charge < -0.3 is 14.5 Å². The fraction of sp³-hybridized carbons (Fsp3) is 0.588. The van der Waals surface area contributed by atoms with Crippen LogP contribution in [0.3, 0.4) is 0 Å². The van der Waals surface area contributed by atoms with Gasteiger partial charge in [0.05, 0.1) is 25.5 Å². The van der Waals surface area contributed by atoms with Crippen LogP contribution in [0.1, 0.15) is 55.5 Å². The van der Waals surface area contributed by atoms with Gasteiger partial charge in [0.1, 0.15) is 6.04 Å². The monoisotopic (exact) mass is 350 g/mol. The standard InChI is InChI=1S/C17H27N5OS/c1-5-7-11-22-16(14(6-2)21(3)4)19-20-17(22)24-12-15(23)13-9-8-10-18-13/h8-10,14,18H,5-7,11-12H2,1-4H3/p+1/t14-/m1/s1. The van der Waals surface area contributed by atoms with Crippen molar-refractivity contribution in [1.82, 2.24) is 19.7 Å². The van der Waals surface area contributed by atoms with Crippen molar-refractivity contribution in [3.8, 4) is 0 Å². The minimum absolute atomic E-state index is 0.0851. The van der Waals surface area contributed by atoms with Gasteiger partial charge in [0.2, 0.25) is 0 Å². The molecule has 2 N–H and O–H groups in total. The van der Waals surface area contributed by atoms with Crippen molar-refractivity contribution in [2.45, 2.75) is 50.9 Å². The number of ketones is 1. The minimum Gasteiger partial charge on any atom is -0.359 e. The SMILES string of the molecule is CCCCn1c(SCC(=O)c2ccc[nH]2)nnc1[C@@H](CC)[NH+](C)C. The molecule has 0 saturated heterocycles. The summed E-state index contributed by atoms with van der Waals surface area (Å²) in [5, 5.41) is 9.67. The Morgan fingerprint density at radius 1 is 1.38 bits per heavy atom. The highest BCUT2D eigenvalue weighted by Crippen LogP contribution is 2.22. The molecule has 2 aromatic heterocycles. The summed E-state index contributed by atoms with van der Waals surface area (Å²) in [5.41, 5.74) is 0.645. The first-order valence-electron chi connectivity index (χ1n) is 8.60. The summed E-state index contributed by atoms with van der Waals surface area (Å²) in [6.45, 7) is 5.26. The zero-order valence-corrected chi connectivity index (χ0v) is 15.8. The molecule has 0 amide bonds. The van der Waals surface area contributed by atoms with Crippen LogP contribution in [0.2, 0.25) is 0 Å². The average molecular weight is 351 g/mol. The zero-order chi connectivity index (χ0) is 17.5. The number of nitrogens with one attached hydrogen (secondary N) is 2. The number of nitrogens with zero attached hydrogens (tertiary/aromatic N) is 3. The molecule has 0 unspecified atom stereocenters. The quantitative estimate of drug-likeness (QED) is 0.508. The third kappa shape index (κ3) is 4.48. The van der Waals surface area contributed by atoms with E-state index in [9.17, 15) is 4.79 Å². The summed E-state index contributed by atoms with van der Waals surface area (Å²) in [4.78, 5) is 16.5. The number of carbonyl (C=O) groups excluding carboxylic acids is 1. The van der Waals surface area contributed by atoms with Gasteiger partial charge in [-0.3, -0.25) is 4.79 Å². The molecule has 24 heavy (non-hydrogen) atoms. The number of aromatic nitrogens is 4. The molecule has 2 aromatic rings. The number of hydrogen-bond donors (Lipinski definition) is 2. The third-order valence-corrected chi connectivity index (χ3v) is 5.10. The Hall–Kier alpha value is -1.60. The number of carbonyl (C=O) groups is 1. The van der Waals surface area contributed by atoms with Crippen LogP contribution in [0.5, 0.6) is 0 Å². The Kier molecular flexibility index (Phi) is 7.05. The van der Waals surface area contributed by atoms with Crippen LogP contribution in [-0.4, -0.2) is 45.4 Å². The lowest BCUT2D eigenvalue weighted by Gasteiger charge is -2.20. The van der Waals surface area contributed by atoms with Gasteiger partial charge in [0.25, 0.3) is 0 Å². The second kappa shape index (κ2) is 9.03. The van der Waals surface area contributed by atoms with Gasteiger partial charge in [0, 0.05) is 19.2 Å². The predicted molar refractivity (Wildman–Crippen MR) is 96.6 cm³/mol. The highest BCUT2D eigenvalue weighted by atomic mass is 32.2. The van der Waals surface area contributed by atoms with Crippen LogP contribution in [0, 0.1) is 0 Å². The van der Waals surface area contributed by atoms with Gasteiger partial charge in [-0.05, 0) is 18.6 Å². The molecule has 7 heteroatoms. The van der Waals surface area contributed by atoms with E-state index in [0.717, 1.165) is 36.8 Å². The first-order chi connectivity index (χ1) is 11.6. The highest BCUT2D eigenvalue weighted by Gasteiger charge is 2.25. The third-order valence-electron chi connectivity index (χ3n) is 4.13. The summed E-state index contributed by atoms with van der Waals surface area (Å²) in [7, 11) is 4.29. The Morgan fingerprint density at radius 3 is 2.75 bits per heavy atom. The van der Waals surface area contributed by atoms with Gasteiger partial charge in [-0.2, -0.15) is 0 Å². The van der Waals surface area contributed by atoms with Crippen molar-refractivity contribution in [3.63, 3.8) is 0 Å². The fourth-order valence-corrected chi connectivity index (χ4v) is 3.61. The minimum atomic E-state index is 0.0851. The van der Waals surface area contributed by atoms with E-state index in [4.69, 9.17) is 0 Å². The van der Waals surface area contributed by atoms with Crippen molar-refractivity contribution >= 4 is 17.5 Å². The lowest BCUT2D eigenvalue weighted by atomic mass is 10.2. The molecule has 1 atom stereocenters. The Bertz CT molecular complexity index is 635. The molecule has 0 aliphatic heterocycles. The van der Waals surface area contributed by atoms with Crippen LogP contribution in [0.4, 0.5) is 0 Å². The maximum atomic E-state index is 12.2.